The van der Waals surface area contributed by atoms with Crippen LogP contribution < -0.4 is 15.0 Å². The van der Waals surface area contributed by atoms with Gasteiger partial charge in [-0.2, -0.15) is 0 Å². The largest absolute Gasteiger partial charge is 0.497 e. The molecular weight excluding hydrogens is 420 g/mol. The molecule has 32 heavy (non-hydrogen) atoms. The predicted molar refractivity (Wildman–Crippen MR) is 130 cm³/mol. The zero-order chi connectivity index (χ0) is 22.7. The molecule has 0 aliphatic carbocycles. The van der Waals surface area contributed by atoms with Gasteiger partial charge in [0.2, 0.25) is 11.8 Å². The van der Waals surface area contributed by atoms with Gasteiger partial charge in [-0.3, -0.25) is 9.59 Å². The number of nitrogens with zero attached hydrogens (tertiary/aromatic N) is 1. The number of anilines is 2. The third-order valence-electron chi connectivity index (χ3n) is 5.53. The Labute approximate surface area is 192 Å². The summed E-state index contributed by atoms with van der Waals surface area (Å²) in [6.45, 7) is 3.95. The molecule has 4 rings (SSSR count). The molecular formula is C26H26N2O3S. The Morgan fingerprint density at radius 2 is 1.84 bits per heavy atom. The Morgan fingerprint density at radius 3 is 2.56 bits per heavy atom. The minimum absolute atomic E-state index is 0.0287. The lowest BCUT2D eigenvalue weighted by Gasteiger charge is -2.22. The number of amides is 2. The van der Waals surface area contributed by atoms with Crippen molar-refractivity contribution in [2.45, 2.75) is 30.4 Å². The van der Waals surface area contributed by atoms with E-state index in [-0.39, 0.29) is 23.6 Å². The maximum Gasteiger partial charge on any atom is 0.244 e. The molecule has 3 aromatic carbocycles. The van der Waals surface area contributed by atoms with Crippen LogP contribution >= 0.6 is 11.8 Å². The second-order valence-electron chi connectivity index (χ2n) is 7.90. The van der Waals surface area contributed by atoms with Gasteiger partial charge < -0.3 is 15.0 Å². The van der Waals surface area contributed by atoms with Gasteiger partial charge in [-0.25, -0.2) is 0 Å². The summed E-state index contributed by atoms with van der Waals surface area (Å²) in [4.78, 5) is 28.8. The molecule has 1 heterocycles. The summed E-state index contributed by atoms with van der Waals surface area (Å²) in [5.41, 5.74) is 4.73. The summed E-state index contributed by atoms with van der Waals surface area (Å²) in [7, 11) is 1.64. The van der Waals surface area contributed by atoms with Crippen LogP contribution in [0.3, 0.4) is 0 Å². The summed E-state index contributed by atoms with van der Waals surface area (Å²) in [6.07, 6.45) is 0.308. The lowest BCUT2D eigenvalue weighted by Crippen LogP contribution is -2.38. The molecule has 0 radical (unpaired) electrons. The number of hydrogen-bond acceptors (Lipinski definition) is 4. The zero-order valence-corrected chi connectivity index (χ0v) is 19.2. The molecule has 5 nitrogen and oxygen atoms in total. The maximum atomic E-state index is 13.3. The van der Waals surface area contributed by atoms with Crippen LogP contribution in [0.2, 0.25) is 0 Å². The number of aryl methyl sites for hydroxylation is 2. The van der Waals surface area contributed by atoms with Crippen LogP contribution in [-0.4, -0.2) is 25.5 Å². The van der Waals surface area contributed by atoms with Crippen molar-refractivity contribution in [1.82, 2.24) is 0 Å². The summed E-state index contributed by atoms with van der Waals surface area (Å²) in [6, 6.07) is 21.5. The molecule has 0 aromatic heterocycles. The highest BCUT2D eigenvalue weighted by Crippen LogP contribution is 2.45. The van der Waals surface area contributed by atoms with Gasteiger partial charge in [-0.1, -0.05) is 42.0 Å². The summed E-state index contributed by atoms with van der Waals surface area (Å²) >= 11 is 1.65. The standard InChI is InChI=1S/C26H26N2O3S/c1-17-8-13-21(18(2)14-17)27-25(29)16-28-22-6-4-5-7-23(22)32-24(15-26(28)30)19-9-11-20(31-3)12-10-19/h4-14,24H,15-16H2,1-3H3,(H,27,29)/t24-/m1/s1. The molecule has 0 bridgehead atoms. The molecule has 0 unspecified atom stereocenters. The zero-order valence-electron chi connectivity index (χ0n) is 18.4. The van der Waals surface area contributed by atoms with E-state index in [9.17, 15) is 9.59 Å². The predicted octanol–water partition coefficient (Wildman–Crippen LogP) is 5.52. The van der Waals surface area contributed by atoms with Crippen LogP contribution in [0.4, 0.5) is 11.4 Å². The maximum absolute atomic E-state index is 13.3. The highest BCUT2D eigenvalue weighted by molar-refractivity contribution is 7.99. The molecule has 0 fully saturated rings. The van der Waals surface area contributed by atoms with E-state index in [1.807, 2.05) is 80.6 Å². The topological polar surface area (TPSA) is 58.6 Å². The first-order chi connectivity index (χ1) is 15.4. The van der Waals surface area contributed by atoms with Crippen molar-refractivity contribution in [3.8, 4) is 5.75 Å². The minimum atomic E-state index is -0.215. The number of fused-ring (bicyclic) bond motifs is 1. The van der Waals surface area contributed by atoms with Crippen molar-refractivity contribution in [2.75, 3.05) is 23.9 Å². The Bertz CT molecular complexity index is 1140. The molecule has 164 valence electrons. The third-order valence-corrected chi connectivity index (χ3v) is 6.85. The van der Waals surface area contributed by atoms with E-state index >= 15 is 0 Å². The number of methoxy groups -OCH3 is 1. The Kier molecular flexibility index (Phi) is 6.51. The molecule has 0 spiro atoms. The summed E-state index contributed by atoms with van der Waals surface area (Å²) < 4.78 is 5.26. The highest BCUT2D eigenvalue weighted by atomic mass is 32.2. The van der Waals surface area contributed by atoms with Gasteiger partial charge in [0.1, 0.15) is 12.3 Å². The van der Waals surface area contributed by atoms with E-state index in [1.165, 1.54) is 0 Å². The summed E-state index contributed by atoms with van der Waals surface area (Å²) in [5, 5.41) is 2.92. The van der Waals surface area contributed by atoms with Gasteiger partial charge in [0.05, 0.1) is 12.8 Å². The van der Waals surface area contributed by atoms with E-state index in [1.54, 1.807) is 23.8 Å². The lowest BCUT2D eigenvalue weighted by molar-refractivity contribution is -0.121. The fourth-order valence-electron chi connectivity index (χ4n) is 3.84. The minimum Gasteiger partial charge on any atom is -0.497 e. The van der Waals surface area contributed by atoms with Crippen molar-refractivity contribution in [1.29, 1.82) is 0 Å². The number of hydrogen-bond donors (Lipinski definition) is 1. The average Bonchev–Trinajstić information content (AvgIpc) is 2.92. The highest BCUT2D eigenvalue weighted by Gasteiger charge is 2.30. The smallest absolute Gasteiger partial charge is 0.244 e. The van der Waals surface area contributed by atoms with Gasteiger partial charge in [0.25, 0.3) is 0 Å². The van der Waals surface area contributed by atoms with Crippen molar-refractivity contribution in [2.24, 2.45) is 0 Å². The van der Waals surface area contributed by atoms with Gasteiger partial charge in [-0.05, 0) is 55.3 Å². The molecule has 2 amide bonds. The average molecular weight is 447 g/mol. The lowest BCUT2D eigenvalue weighted by atomic mass is 10.1. The van der Waals surface area contributed by atoms with Gasteiger partial charge in [0.15, 0.2) is 0 Å². The Hall–Kier alpha value is -3.25. The number of carbonyl (C=O) groups excluding carboxylic acids is 2. The van der Waals surface area contributed by atoms with Crippen molar-refractivity contribution in [3.63, 3.8) is 0 Å². The molecule has 1 atom stereocenters. The molecule has 6 heteroatoms. The van der Waals surface area contributed by atoms with Crippen molar-refractivity contribution in [3.05, 3.63) is 83.4 Å². The van der Waals surface area contributed by atoms with Crippen molar-refractivity contribution < 1.29 is 14.3 Å². The first-order valence-corrected chi connectivity index (χ1v) is 11.4. The third kappa shape index (κ3) is 4.81. The van der Waals surface area contributed by atoms with Gasteiger partial charge >= 0.3 is 0 Å². The van der Waals surface area contributed by atoms with E-state index in [2.05, 4.69) is 5.32 Å². The van der Waals surface area contributed by atoms with Crippen LogP contribution in [0, 0.1) is 13.8 Å². The second kappa shape index (κ2) is 9.49. The normalized spacial score (nSPS) is 15.7. The monoisotopic (exact) mass is 446 g/mol. The van der Waals surface area contributed by atoms with E-state index in [4.69, 9.17) is 4.74 Å². The molecule has 0 saturated heterocycles. The molecule has 0 saturated carbocycles. The fourth-order valence-corrected chi connectivity index (χ4v) is 5.12. The molecule has 3 aromatic rings. The number of benzene rings is 3. The van der Waals surface area contributed by atoms with E-state index in [0.717, 1.165) is 38.7 Å². The number of nitrogens with one attached hydrogen (secondary N) is 1. The first-order valence-electron chi connectivity index (χ1n) is 10.5. The molecule has 1 aliphatic rings. The molecule has 1 N–H and O–H groups in total. The Balaban J connectivity index is 1.57. The Morgan fingerprint density at radius 1 is 1.09 bits per heavy atom. The van der Waals surface area contributed by atoms with Crippen LogP contribution in [0.15, 0.2) is 71.6 Å². The van der Waals surface area contributed by atoms with E-state index in [0.29, 0.717) is 6.42 Å². The van der Waals surface area contributed by atoms with Gasteiger partial charge in [-0.15, -0.1) is 11.8 Å². The van der Waals surface area contributed by atoms with Crippen LogP contribution in [-0.2, 0) is 9.59 Å². The number of para-hydroxylation sites is 1. The van der Waals surface area contributed by atoms with Crippen LogP contribution in [0.5, 0.6) is 5.75 Å². The van der Waals surface area contributed by atoms with Crippen LogP contribution in [0.25, 0.3) is 0 Å². The SMILES string of the molecule is COc1ccc([C@H]2CC(=O)N(CC(=O)Nc3ccc(C)cc3C)c3ccccc3S2)cc1. The number of rotatable bonds is 5. The van der Waals surface area contributed by atoms with Crippen LogP contribution in [0.1, 0.15) is 28.4 Å². The van der Waals surface area contributed by atoms with E-state index < -0.39 is 0 Å². The quantitative estimate of drug-likeness (QED) is 0.561. The first kappa shape index (κ1) is 22.0. The summed E-state index contributed by atoms with van der Waals surface area (Å²) in [5.74, 6) is 0.496. The molecule has 1 aliphatic heterocycles. The fraction of sp³-hybridized carbons (Fsp3) is 0.231. The van der Waals surface area contributed by atoms with Gasteiger partial charge in [0, 0.05) is 22.3 Å². The number of ether oxygens (including phenoxy) is 1. The van der Waals surface area contributed by atoms with Crippen molar-refractivity contribution >= 4 is 35.0 Å². The number of thioether (sulfide) groups is 1. The second-order valence-corrected chi connectivity index (χ2v) is 9.14. The number of carbonyl (C=O) groups is 2.